The number of carbonyl (C=O) groups is 2. The number of amides is 1. The van der Waals surface area contributed by atoms with Gasteiger partial charge < -0.3 is 18.9 Å². The summed E-state index contributed by atoms with van der Waals surface area (Å²) in [4.78, 5) is 27.8. The summed E-state index contributed by atoms with van der Waals surface area (Å²) in [5.41, 5.74) is -0.238. The van der Waals surface area contributed by atoms with E-state index >= 15 is 0 Å². The lowest BCUT2D eigenvalue weighted by Crippen LogP contribution is -2.53. The molecule has 1 aromatic carbocycles. The molecule has 7 nitrogen and oxygen atoms in total. The highest BCUT2D eigenvalue weighted by molar-refractivity contribution is 5.86. The maximum Gasteiger partial charge on any atom is 0.312 e. The molecule has 2 aliphatic rings. The van der Waals surface area contributed by atoms with Crippen molar-refractivity contribution in [1.29, 1.82) is 0 Å². The first-order valence-electron chi connectivity index (χ1n) is 11.2. The van der Waals surface area contributed by atoms with Crippen LogP contribution in [0.2, 0.25) is 0 Å². The molecule has 4 rings (SSSR count). The molecular weight excluding hydrogens is 415 g/mol. The summed E-state index contributed by atoms with van der Waals surface area (Å²) in [6.07, 6.45) is 2.87. The van der Waals surface area contributed by atoms with E-state index in [4.69, 9.17) is 14.0 Å². The zero-order valence-electron chi connectivity index (χ0n) is 18.6. The van der Waals surface area contributed by atoms with Crippen LogP contribution in [0.15, 0.2) is 34.9 Å². The minimum atomic E-state index is -0.788. The van der Waals surface area contributed by atoms with Crippen molar-refractivity contribution in [3.63, 3.8) is 0 Å². The number of aromatic nitrogens is 1. The molecule has 2 aliphatic heterocycles. The molecule has 0 spiro atoms. The monoisotopic (exact) mass is 444 g/mol. The highest BCUT2D eigenvalue weighted by atomic mass is 19.1. The van der Waals surface area contributed by atoms with E-state index in [0.717, 1.165) is 18.4 Å². The molecular formula is C24H29FN2O5. The summed E-state index contributed by atoms with van der Waals surface area (Å²) in [6.45, 7) is 5.42. The van der Waals surface area contributed by atoms with Gasteiger partial charge in [-0.3, -0.25) is 9.59 Å². The number of benzene rings is 1. The zero-order valence-corrected chi connectivity index (χ0v) is 18.6. The minimum Gasteiger partial charge on any atom is -0.466 e. The number of ether oxygens (including phenoxy) is 2. The van der Waals surface area contributed by atoms with E-state index in [-0.39, 0.29) is 24.3 Å². The number of rotatable bonds is 6. The second-order valence-electron chi connectivity index (χ2n) is 8.84. The zero-order chi connectivity index (χ0) is 22.8. The quantitative estimate of drug-likeness (QED) is 0.631. The molecule has 1 aromatic heterocycles. The fourth-order valence-electron chi connectivity index (χ4n) is 4.64. The molecule has 1 unspecified atom stereocenters. The largest absolute Gasteiger partial charge is 0.466 e. The molecule has 0 N–H and O–H groups in total. The number of piperidine rings is 1. The second kappa shape index (κ2) is 9.02. The highest BCUT2D eigenvalue weighted by Crippen LogP contribution is 2.39. The van der Waals surface area contributed by atoms with Crippen molar-refractivity contribution in [1.82, 2.24) is 10.1 Å². The third-order valence-electron chi connectivity index (χ3n) is 6.60. The van der Waals surface area contributed by atoms with Crippen LogP contribution in [0.1, 0.15) is 45.3 Å². The number of halogens is 1. The highest BCUT2D eigenvalue weighted by Gasteiger charge is 2.47. The van der Waals surface area contributed by atoms with E-state index in [1.807, 2.05) is 6.92 Å². The molecule has 2 aromatic rings. The summed E-state index contributed by atoms with van der Waals surface area (Å²) in [7, 11) is 0. The Morgan fingerprint density at radius 3 is 2.53 bits per heavy atom. The van der Waals surface area contributed by atoms with Crippen molar-refractivity contribution in [2.45, 2.75) is 51.6 Å². The van der Waals surface area contributed by atoms with Crippen LogP contribution in [0.4, 0.5) is 4.39 Å². The molecule has 32 heavy (non-hydrogen) atoms. The molecule has 8 heteroatoms. The third kappa shape index (κ3) is 4.41. The second-order valence-corrected chi connectivity index (χ2v) is 8.84. The number of nitrogens with zero attached hydrogens (tertiary/aromatic N) is 2. The van der Waals surface area contributed by atoms with E-state index in [2.05, 4.69) is 5.16 Å². The van der Waals surface area contributed by atoms with Gasteiger partial charge >= 0.3 is 5.97 Å². The van der Waals surface area contributed by atoms with Crippen LogP contribution in [-0.4, -0.2) is 53.8 Å². The Morgan fingerprint density at radius 1 is 1.19 bits per heavy atom. The van der Waals surface area contributed by atoms with Gasteiger partial charge in [-0.2, -0.15) is 0 Å². The summed E-state index contributed by atoms with van der Waals surface area (Å²) in [5.74, 6) is -0.0546. The van der Waals surface area contributed by atoms with E-state index in [1.165, 1.54) is 12.1 Å². The van der Waals surface area contributed by atoms with Gasteiger partial charge in [0.05, 0.1) is 12.0 Å². The van der Waals surface area contributed by atoms with Crippen molar-refractivity contribution in [3.05, 3.63) is 41.9 Å². The Hall–Kier alpha value is -2.74. The van der Waals surface area contributed by atoms with Gasteiger partial charge in [0, 0.05) is 37.7 Å². The number of likely N-dealkylation sites (tertiary alicyclic amines) is 1. The standard InChI is InChI=1S/C24H29FN2O5/c1-3-30-22(29)24(10-12-27(13-11-24)21(28)23(2)9-4-14-31-23)16-19-15-20(26-32-19)17-5-7-18(25)8-6-17/h5-8,15H,3-4,9-14,16H2,1-2H3. The number of carbonyl (C=O) groups excluding carboxylic acids is 2. The average molecular weight is 445 g/mol. The van der Waals surface area contributed by atoms with Crippen LogP contribution in [0, 0.1) is 11.2 Å². The van der Waals surface area contributed by atoms with Gasteiger partial charge in [0.1, 0.15) is 22.9 Å². The first kappa shape index (κ1) is 22.5. The fraction of sp³-hybridized carbons (Fsp3) is 0.542. The van der Waals surface area contributed by atoms with E-state index in [0.29, 0.717) is 50.4 Å². The Balaban J connectivity index is 1.49. The first-order chi connectivity index (χ1) is 15.3. The van der Waals surface area contributed by atoms with Crippen molar-refractivity contribution in [3.8, 4) is 11.3 Å². The smallest absolute Gasteiger partial charge is 0.312 e. The van der Waals surface area contributed by atoms with E-state index in [1.54, 1.807) is 30.0 Å². The van der Waals surface area contributed by atoms with Gasteiger partial charge in [-0.25, -0.2) is 4.39 Å². The average Bonchev–Trinajstić information content (AvgIpc) is 3.44. The summed E-state index contributed by atoms with van der Waals surface area (Å²) < 4.78 is 29.9. The van der Waals surface area contributed by atoms with Gasteiger partial charge in [-0.15, -0.1) is 0 Å². The summed E-state index contributed by atoms with van der Waals surface area (Å²) in [5, 5.41) is 4.09. The molecule has 0 saturated carbocycles. The maximum atomic E-state index is 13.2. The summed E-state index contributed by atoms with van der Waals surface area (Å²) in [6, 6.07) is 7.77. The maximum absolute atomic E-state index is 13.2. The van der Waals surface area contributed by atoms with Crippen LogP contribution < -0.4 is 0 Å². The first-order valence-corrected chi connectivity index (χ1v) is 11.2. The van der Waals surface area contributed by atoms with Gasteiger partial charge in [0.2, 0.25) is 0 Å². The third-order valence-corrected chi connectivity index (χ3v) is 6.60. The van der Waals surface area contributed by atoms with Gasteiger partial charge in [-0.05, 0) is 63.8 Å². The Bertz CT molecular complexity index is 957. The molecule has 2 fully saturated rings. The molecule has 1 amide bonds. The van der Waals surface area contributed by atoms with E-state index in [9.17, 15) is 14.0 Å². The van der Waals surface area contributed by atoms with E-state index < -0.39 is 11.0 Å². The number of esters is 1. The molecule has 3 heterocycles. The van der Waals surface area contributed by atoms with Crippen LogP contribution in [-0.2, 0) is 25.5 Å². The molecule has 0 radical (unpaired) electrons. The molecule has 0 aliphatic carbocycles. The van der Waals surface area contributed by atoms with Gasteiger partial charge in [0.15, 0.2) is 0 Å². The van der Waals surface area contributed by atoms with Crippen LogP contribution >= 0.6 is 0 Å². The fourth-order valence-corrected chi connectivity index (χ4v) is 4.64. The van der Waals surface area contributed by atoms with Crippen LogP contribution in [0.25, 0.3) is 11.3 Å². The lowest BCUT2D eigenvalue weighted by Gasteiger charge is -2.41. The van der Waals surface area contributed by atoms with Gasteiger partial charge in [0.25, 0.3) is 5.91 Å². The Kier molecular flexibility index (Phi) is 6.33. The van der Waals surface area contributed by atoms with Crippen molar-refractivity contribution in [2.24, 2.45) is 5.41 Å². The van der Waals surface area contributed by atoms with Crippen LogP contribution in [0.3, 0.4) is 0 Å². The molecule has 1 atom stereocenters. The van der Waals surface area contributed by atoms with Crippen molar-refractivity contribution < 1.29 is 28.0 Å². The minimum absolute atomic E-state index is 0.00859. The molecule has 2 saturated heterocycles. The lowest BCUT2D eigenvalue weighted by molar-refractivity contribution is -0.164. The van der Waals surface area contributed by atoms with Gasteiger partial charge in [-0.1, -0.05) is 5.16 Å². The van der Waals surface area contributed by atoms with Crippen LogP contribution in [0.5, 0.6) is 0 Å². The topological polar surface area (TPSA) is 81.9 Å². The van der Waals surface area contributed by atoms with Crippen molar-refractivity contribution >= 4 is 11.9 Å². The van der Waals surface area contributed by atoms with Crippen molar-refractivity contribution in [2.75, 3.05) is 26.3 Å². The predicted octanol–water partition coefficient (Wildman–Crippen LogP) is 3.76. The Morgan fingerprint density at radius 2 is 1.91 bits per heavy atom. The normalized spacial score (nSPS) is 22.7. The number of hydrogen-bond donors (Lipinski definition) is 0. The predicted molar refractivity (Wildman–Crippen MR) is 114 cm³/mol. The molecule has 0 bridgehead atoms. The lowest BCUT2D eigenvalue weighted by atomic mass is 9.74. The summed E-state index contributed by atoms with van der Waals surface area (Å²) >= 11 is 0. The SMILES string of the molecule is CCOC(=O)C1(Cc2cc(-c3ccc(F)cc3)no2)CCN(C(=O)C2(C)CCCO2)CC1. The Labute approximate surface area is 186 Å². The molecule has 172 valence electrons. The number of hydrogen-bond acceptors (Lipinski definition) is 6.